The number of aliphatic hydroxyl groups excluding tert-OH is 1. The lowest BCUT2D eigenvalue weighted by molar-refractivity contribution is -0.148. The number of hydrogen-bond donors (Lipinski definition) is 1. The van der Waals surface area contributed by atoms with Gasteiger partial charge >= 0.3 is 5.97 Å². The molecule has 1 aliphatic carbocycles. The van der Waals surface area contributed by atoms with Crippen LogP contribution in [0, 0.1) is 5.41 Å². The molecule has 2 rings (SSSR count). The van der Waals surface area contributed by atoms with E-state index in [2.05, 4.69) is 0 Å². The maximum atomic E-state index is 11.0. The zero-order valence-electron chi connectivity index (χ0n) is 7.25. The van der Waals surface area contributed by atoms with Gasteiger partial charge in [-0.3, -0.25) is 4.79 Å². The minimum absolute atomic E-state index is 0.0885. The third-order valence-corrected chi connectivity index (χ3v) is 3.09. The number of esters is 1. The van der Waals surface area contributed by atoms with Crippen molar-refractivity contribution in [2.75, 3.05) is 0 Å². The summed E-state index contributed by atoms with van der Waals surface area (Å²) in [6, 6.07) is 0. The summed E-state index contributed by atoms with van der Waals surface area (Å²) in [4.78, 5) is 11.0. The Bertz CT molecular complexity index is 214. The molecule has 0 radical (unpaired) electrons. The second-order valence-corrected chi connectivity index (χ2v) is 4.20. The Balaban J connectivity index is 2.22. The lowest BCUT2D eigenvalue weighted by atomic mass is 9.72. The smallest absolute Gasteiger partial charge is 0.306 e. The lowest BCUT2D eigenvalue weighted by Gasteiger charge is -2.36. The summed E-state index contributed by atoms with van der Waals surface area (Å²) in [5.41, 5.74) is -0.0885. The summed E-state index contributed by atoms with van der Waals surface area (Å²) in [7, 11) is 0. The monoisotopic (exact) mass is 170 g/mol. The summed E-state index contributed by atoms with van der Waals surface area (Å²) < 4.78 is 5.09. The fourth-order valence-corrected chi connectivity index (χ4v) is 2.40. The molecular formula is C9H14O3. The van der Waals surface area contributed by atoms with Crippen molar-refractivity contribution in [3.8, 4) is 0 Å². The van der Waals surface area contributed by atoms with Gasteiger partial charge in [0.25, 0.3) is 0 Å². The van der Waals surface area contributed by atoms with Crippen molar-refractivity contribution in [2.45, 2.75) is 44.8 Å². The summed E-state index contributed by atoms with van der Waals surface area (Å²) in [6.07, 6.45) is 2.59. The van der Waals surface area contributed by atoms with Crippen LogP contribution in [0.3, 0.4) is 0 Å². The highest BCUT2D eigenvalue weighted by Crippen LogP contribution is 2.45. The van der Waals surface area contributed by atoms with Crippen LogP contribution in [-0.4, -0.2) is 23.3 Å². The molecule has 0 amide bonds. The first-order valence-electron chi connectivity index (χ1n) is 4.49. The second kappa shape index (κ2) is 2.46. The van der Waals surface area contributed by atoms with Crippen molar-refractivity contribution in [1.82, 2.24) is 0 Å². The van der Waals surface area contributed by atoms with E-state index in [9.17, 15) is 9.90 Å². The first-order valence-corrected chi connectivity index (χ1v) is 4.49. The van der Waals surface area contributed by atoms with Gasteiger partial charge in [0.15, 0.2) is 0 Å². The molecule has 0 bridgehead atoms. The van der Waals surface area contributed by atoms with E-state index < -0.39 is 6.10 Å². The maximum absolute atomic E-state index is 11.0. The number of aliphatic hydroxyl groups is 1. The van der Waals surface area contributed by atoms with Gasteiger partial charge in [0, 0.05) is 5.41 Å². The highest BCUT2D eigenvalue weighted by molar-refractivity contribution is 5.73. The number of carbonyl (C=O) groups excluding carboxylic acids is 1. The van der Waals surface area contributed by atoms with Crippen LogP contribution in [0.4, 0.5) is 0 Å². The van der Waals surface area contributed by atoms with E-state index >= 15 is 0 Å². The zero-order chi connectivity index (χ0) is 8.77. The van der Waals surface area contributed by atoms with Crippen LogP contribution in [0.1, 0.15) is 32.6 Å². The Morgan fingerprint density at radius 2 is 2.42 bits per heavy atom. The van der Waals surface area contributed by atoms with E-state index in [1.165, 1.54) is 0 Å². The molecule has 0 aromatic heterocycles. The molecule has 68 valence electrons. The molecular weight excluding hydrogens is 156 g/mol. The quantitative estimate of drug-likeness (QED) is 0.548. The van der Waals surface area contributed by atoms with Crippen LogP contribution in [0.15, 0.2) is 0 Å². The number of hydrogen-bond acceptors (Lipinski definition) is 3. The van der Waals surface area contributed by atoms with Crippen molar-refractivity contribution in [1.29, 1.82) is 0 Å². The minimum atomic E-state index is -0.435. The Morgan fingerprint density at radius 3 is 3.08 bits per heavy atom. The minimum Gasteiger partial charge on any atom is -0.459 e. The number of rotatable bonds is 0. The molecule has 3 nitrogen and oxygen atoms in total. The summed E-state index contributed by atoms with van der Waals surface area (Å²) >= 11 is 0. The lowest BCUT2D eigenvalue weighted by Crippen LogP contribution is -2.41. The Labute approximate surface area is 71.7 Å². The predicted molar refractivity (Wildman–Crippen MR) is 42.5 cm³/mol. The summed E-state index contributed by atoms with van der Waals surface area (Å²) in [5, 5.41) is 9.59. The molecule has 3 atom stereocenters. The van der Waals surface area contributed by atoms with E-state index in [1.54, 1.807) is 0 Å². The molecule has 1 heterocycles. The molecule has 0 spiro atoms. The first-order chi connectivity index (χ1) is 5.62. The molecule has 1 aliphatic heterocycles. The molecule has 2 aliphatic rings. The van der Waals surface area contributed by atoms with E-state index in [-0.39, 0.29) is 17.5 Å². The van der Waals surface area contributed by atoms with Crippen molar-refractivity contribution in [3.05, 3.63) is 0 Å². The molecule has 1 saturated heterocycles. The molecule has 3 heteroatoms. The van der Waals surface area contributed by atoms with Crippen LogP contribution in [0.2, 0.25) is 0 Å². The molecule has 1 N–H and O–H groups in total. The molecule has 12 heavy (non-hydrogen) atoms. The normalized spacial score (nSPS) is 47.0. The average Bonchev–Trinajstić information content (AvgIpc) is 2.26. The van der Waals surface area contributed by atoms with E-state index in [4.69, 9.17) is 4.74 Å². The van der Waals surface area contributed by atoms with Gasteiger partial charge in [-0.2, -0.15) is 0 Å². The van der Waals surface area contributed by atoms with Gasteiger partial charge in [-0.05, 0) is 12.8 Å². The number of carbonyl (C=O) groups is 1. The van der Waals surface area contributed by atoms with Gasteiger partial charge in [-0.25, -0.2) is 0 Å². The summed E-state index contributed by atoms with van der Waals surface area (Å²) in [5.74, 6) is -0.150. The Hall–Kier alpha value is -0.570. The van der Waals surface area contributed by atoms with Crippen molar-refractivity contribution < 1.29 is 14.6 Å². The van der Waals surface area contributed by atoms with Gasteiger partial charge in [-0.1, -0.05) is 13.3 Å². The standard InChI is InChI=1S/C9H14O3/c1-9-4-2-3-6(10)8(9)12-7(11)5-9/h6,8,10H,2-5H2,1H3. The van der Waals surface area contributed by atoms with Crippen LogP contribution in [0.5, 0.6) is 0 Å². The van der Waals surface area contributed by atoms with Crippen LogP contribution >= 0.6 is 0 Å². The Kier molecular flexibility index (Phi) is 1.65. The average molecular weight is 170 g/mol. The molecule has 2 fully saturated rings. The van der Waals surface area contributed by atoms with Gasteiger partial charge in [0.05, 0.1) is 12.5 Å². The maximum Gasteiger partial charge on any atom is 0.306 e. The molecule has 1 saturated carbocycles. The molecule has 0 aromatic rings. The first kappa shape index (κ1) is 8.05. The van der Waals surface area contributed by atoms with Crippen LogP contribution in [-0.2, 0) is 9.53 Å². The second-order valence-electron chi connectivity index (χ2n) is 4.20. The molecule has 3 unspecified atom stereocenters. The van der Waals surface area contributed by atoms with Gasteiger partial charge in [0.2, 0.25) is 0 Å². The predicted octanol–water partition coefficient (Wildman–Crippen LogP) is 0.853. The highest BCUT2D eigenvalue weighted by atomic mass is 16.6. The van der Waals surface area contributed by atoms with Crippen molar-refractivity contribution in [3.63, 3.8) is 0 Å². The number of ether oxygens (including phenoxy) is 1. The van der Waals surface area contributed by atoms with Crippen molar-refractivity contribution in [2.24, 2.45) is 5.41 Å². The largest absolute Gasteiger partial charge is 0.459 e. The fourth-order valence-electron chi connectivity index (χ4n) is 2.40. The highest BCUT2D eigenvalue weighted by Gasteiger charge is 2.50. The van der Waals surface area contributed by atoms with E-state index in [1.807, 2.05) is 6.92 Å². The third kappa shape index (κ3) is 1.04. The number of fused-ring (bicyclic) bond motifs is 1. The van der Waals surface area contributed by atoms with E-state index in [0.717, 1.165) is 19.3 Å². The van der Waals surface area contributed by atoms with Crippen LogP contribution in [0.25, 0.3) is 0 Å². The fraction of sp³-hybridized carbons (Fsp3) is 0.889. The van der Waals surface area contributed by atoms with Gasteiger partial charge < -0.3 is 9.84 Å². The summed E-state index contributed by atoms with van der Waals surface area (Å²) in [6.45, 7) is 2.03. The van der Waals surface area contributed by atoms with Crippen molar-refractivity contribution >= 4 is 5.97 Å². The van der Waals surface area contributed by atoms with E-state index in [0.29, 0.717) is 6.42 Å². The topological polar surface area (TPSA) is 46.5 Å². The third-order valence-electron chi connectivity index (χ3n) is 3.09. The van der Waals surface area contributed by atoms with Gasteiger partial charge in [0.1, 0.15) is 6.10 Å². The van der Waals surface area contributed by atoms with Gasteiger partial charge in [-0.15, -0.1) is 0 Å². The SMILES string of the molecule is CC12CCCC(O)C1OC(=O)C2. The molecule has 0 aromatic carbocycles. The zero-order valence-corrected chi connectivity index (χ0v) is 7.25. The van der Waals surface area contributed by atoms with Crippen LogP contribution < -0.4 is 0 Å². The Morgan fingerprint density at radius 1 is 1.67 bits per heavy atom.